The standard InChI is InChI=1S/C13H20F2N2O2/c1-3-19-11-6-10(7-17-8-11)12(16-2)4-5-18-9-13(14)15/h6-8,12-13,16H,3-5,9H2,1-2H3. The Bertz CT molecular complexity index is 364. The third-order valence-electron chi connectivity index (χ3n) is 2.59. The van der Waals surface area contributed by atoms with E-state index < -0.39 is 13.0 Å². The van der Waals surface area contributed by atoms with Crippen LogP contribution in [-0.4, -0.2) is 38.3 Å². The molecule has 0 saturated carbocycles. The third-order valence-corrected chi connectivity index (χ3v) is 2.59. The fraction of sp³-hybridized carbons (Fsp3) is 0.615. The number of ether oxygens (including phenoxy) is 2. The lowest BCUT2D eigenvalue weighted by atomic mass is 10.1. The molecule has 4 nitrogen and oxygen atoms in total. The molecule has 0 aliphatic rings. The fourth-order valence-corrected chi connectivity index (χ4v) is 1.72. The smallest absolute Gasteiger partial charge is 0.261 e. The number of rotatable bonds is 9. The number of alkyl halides is 2. The number of aromatic nitrogens is 1. The molecular weight excluding hydrogens is 254 g/mol. The zero-order chi connectivity index (χ0) is 14.1. The molecule has 6 heteroatoms. The van der Waals surface area contributed by atoms with Crippen LogP contribution in [0.3, 0.4) is 0 Å². The lowest BCUT2D eigenvalue weighted by Crippen LogP contribution is -2.19. The highest BCUT2D eigenvalue weighted by molar-refractivity contribution is 5.26. The quantitative estimate of drug-likeness (QED) is 0.702. The third kappa shape index (κ3) is 5.94. The first-order valence-electron chi connectivity index (χ1n) is 6.28. The van der Waals surface area contributed by atoms with E-state index in [4.69, 9.17) is 9.47 Å². The van der Waals surface area contributed by atoms with Crippen molar-refractivity contribution in [3.8, 4) is 5.75 Å². The van der Waals surface area contributed by atoms with Gasteiger partial charge in [-0.15, -0.1) is 0 Å². The van der Waals surface area contributed by atoms with Crippen molar-refractivity contribution < 1.29 is 18.3 Å². The summed E-state index contributed by atoms with van der Waals surface area (Å²) in [6, 6.07) is 1.90. The molecular formula is C13H20F2N2O2. The van der Waals surface area contributed by atoms with Gasteiger partial charge in [-0.1, -0.05) is 0 Å². The van der Waals surface area contributed by atoms with E-state index in [9.17, 15) is 8.78 Å². The van der Waals surface area contributed by atoms with Gasteiger partial charge in [0.05, 0.1) is 12.8 Å². The van der Waals surface area contributed by atoms with E-state index in [0.717, 1.165) is 5.56 Å². The normalized spacial score (nSPS) is 12.7. The average molecular weight is 274 g/mol. The minimum atomic E-state index is -2.42. The van der Waals surface area contributed by atoms with Gasteiger partial charge in [-0.3, -0.25) is 4.98 Å². The highest BCUT2D eigenvalue weighted by Crippen LogP contribution is 2.20. The SMILES string of the molecule is CCOc1cncc(C(CCOCC(F)F)NC)c1. The van der Waals surface area contributed by atoms with Crippen molar-refractivity contribution in [2.24, 2.45) is 0 Å². The maximum absolute atomic E-state index is 11.9. The van der Waals surface area contributed by atoms with Gasteiger partial charge in [0, 0.05) is 18.8 Å². The summed E-state index contributed by atoms with van der Waals surface area (Å²) in [6.07, 6.45) is 1.56. The molecule has 0 radical (unpaired) electrons. The van der Waals surface area contributed by atoms with Crippen LogP contribution in [0.2, 0.25) is 0 Å². The maximum atomic E-state index is 11.9. The van der Waals surface area contributed by atoms with Gasteiger partial charge in [0.1, 0.15) is 12.4 Å². The van der Waals surface area contributed by atoms with Gasteiger partial charge < -0.3 is 14.8 Å². The molecule has 19 heavy (non-hydrogen) atoms. The molecule has 1 aromatic rings. The molecule has 1 atom stereocenters. The van der Waals surface area contributed by atoms with Crippen LogP contribution in [0.25, 0.3) is 0 Å². The average Bonchev–Trinajstić information content (AvgIpc) is 2.39. The van der Waals surface area contributed by atoms with Crippen LogP contribution < -0.4 is 10.1 Å². The molecule has 0 aromatic carbocycles. The molecule has 0 amide bonds. The van der Waals surface area contributed by atoms with Gasteiger partial charge in [0.15, 0.2) is 0 Å². The van der Waals surface area contributed by atoms with Crippen molar-refractivity contribution >= 4 is 0 Å². The predicted octanol–water partition coefficient (Wildman–Crippen LogP) is 2.41. The number of pyridine rings is 1. The van der Waals surface area contributed by atoms with Crippen LogP contribution in [0.1, 0.15) is 24.9 Å². The minimum Gasteiger partial charge on any atom is -0.492 e. The van der Waals surface area contributed by atoms with E-state index in [2.05, 4.69) is 10.3 Å². The van der Waals surface area contributed by atoms with Crippen molar-refractivity contribution in [2.45, 2.75) is 25.8 Å². The Morgan fingerprint density at radius 1 is 1.37 bits per heavy atom. The molecule has 0 bridgehead atoms. The van der Waals surface area contributed by atoms with Crippen LogP contribution in [0.15, 0.2) is 18.5 Å². The second-order valence-corrected chi connectivity index (χ2v) is 3.98. The summed E-state index contributed by atoms with van der Waals surface area (Å²) >= 11 is 0. The van der Waals surface area contributed by atoms with E-state index in [-0.39, 0.29) is 12.6 Å². The van der Waals surface area contributed by atoms with E-state index in [1.54, 1.807) is 12.4 Å². The van der Waals surface area contributed by atoms with Crippen molar-refractivity contribution in [1.29, 1.82) is 0 Å². The molecule has 1 rings (SSSR count). The van der Waals surface area contributed by atoms with E-state index in [1.165, 1.54) is 0 Å². The van der Waals surface area contributed by atoms with Gasteiger partial charge in [-0.25, -0.2) is 8.78 Å². The summed E-state index contributed by atoms with van der Waals surface area (Å²) < 4.78 is 34.1. The Morgan fingerprint density at radius 2 is 2.16 bits per heavy atom. The first-order valence-corrected chi connectivity index (χ1v) is 6.28. The number of hydrogen-bond donors (Lipinski definition) is 1. The van der Waals surface area contributed by atoms with Crippen LogP contribution in [0.4, 0.5) is 8.78 Å². The molecule has 1 N–H and O–H groups in total. The topological polar surface area (TPSA) is 43.4 Å². The number of halogens is 2. The minimum absolute atomic E-state index is 0.00517. The Labute approximate surface area is 112 Å². The van der Waals surface area contributed by atoms with Gasteiger partial charge in [0.25, 0.3) is 6.43 Å². The van der Waals surface area contributed by atoms with Crippen molar-refractivity contribution in [1.82, 2.24) is 10.3 Å². The van der Waals surface area contributed by atoms with Crippen molar-refractivity contribution in [2.75, 3.05) is 26.9 Å². The van der Waals surface area contributed by atoms with E-state index in [1.807, 2.05) is 20.0 Å². The van der Waals surface area contributed by atoms with Crippen LogP contribution in [0.5, 0.6) is 5.75 Å². The molecule has 0 fully saturated rings. The largest absolute Gasteiger partial charge is 0.492 e. The number of nitrogens with zero attached hydrogens (tertiary/aromatic N) is 1. The summed E-state index contributed by atoms with van der Waals surface area (Å²) in [5.74, 6) is 0.703. The van der Waals surface area contributed by atoms with Crippen LogP contribution in [-0.2, 0) is 4.74 Å². The fourth-order valence-electron chi connectivity index (χ4n) is 1.72. The Kier molecular flexibility index (Phi) is 7.28. The molecule has 0 spiro atoms. The molecule has 108 valence electrons. The predicted molar refractivity (Wildman–Crippen MR) is 68.6 cm³/mol. The zero-order valence-electron chi connectivity index (χ0n) is 11.2. The van der Waals surface area contributed by atoms with Gasteiger partial charge >= 0.3 is 0 Å². The monoisotopic (exact) mass is 274 g/mol. The summed E-state index contributed by atoms with van der Waals surface area (Å²) in [6.45, 7) is 2.23. The maximum Gasteiger partial charge on any atom is 0.261 e. The molecule has 0 aliphatic heterocycles. The Balaban J connectivity index is 2.51. The Hall–Kier alpha value is -1.27. The first kappa shape index (κ1) is 15.8. The summed E-state index contributed by atoms with van der Waals surface area (Å²) in [7, 11) is 1.81. The number of nitrogens with one attached hydrogen (secondary N) is 1. The first-order chi connectivity index (χ1) is 9.17. The van der Waals surface area contributed by atoms with E-state index >= 15 is 0 Å². The van der Waals surface area contributed by atoms with Gasteiger partial charge in [-0.2, -0.15) is 0 Å². The van der Waals surface area contributed by atoms with Gasteiger partial charge in [0.2, 0.25) is 0 Å². The molecule has 0 saturated heterocycles. The molecule has 0 aliphatic carbocycles. The lowest BCUT2D eigenvalue weighted by molar-refractivity contribution is 0.0145. The zero-order valence-corrected chi connectivity index (χ0v) is 11.2. The summed E-state index contributed by atoms with van der Waals surface area (Å²) in [5, 5.41) is 3.11. The highest BCUT2D eigenvalue weighted by Gasteiger charge is 2.11. The van der Waals surface area contributed by atoms with Gasteiger partial charge in [-0.05, 0) is 32.0 Å². The van der Waals surface area contributed by atoms with Crippen molar-refractivity contribution in [3.63, 3.8) is 0 Å². The number of hydrogen-bond acceptors (Lipinski definition) is 4. The summed E-state index contributed by atoms with van der Waals surface area (Å²) in [5.41, 5.74) is 0.953. The Morgan fingerprint density at radius 3 is 2.79 bits per heavy atom. The van der Waals surface area contributed by atoms with Crippen LogP contribution >= 0.6 is 0 Å². The summed E-state index contributed by atoms with van der Waals surface area (Å²) in [4.78, 5) is 4.10. The van der Waals surface area contributed by atoms with E-state index in [0.29, 0.717) is 18.8 Å². The molecule has 1 aromatic heterocycles. The second-order valence-electron chi connectivity index (χ2n) is 3.98. The highest BCUT2D eigenvalue weighted by atomic mass is 19.3. The molecule has 1 heterocycles. The van der Waals surface area contributed by atoms with Crippen molar-refractivity contribution in [3.05, 3.63) is 24.0 Å². The second kappa shape index (κ2) is 8.77. The van der Waals surface area contributed by atoms with Crippen LogP contribution in [0, 0.1) is 0 Å². The molecule has 1 unspecified atom stereocenters. The lowest BCUT2D eigenvalue weighted by Gasteiger charge is -2.17.